The number of ketones is 1. The first-order chi connectivity index (χ1) is 8.61. The normalized spacial score (nSPS) is 10.2. The van der Waals surface area contributed by atoms with Crippen LogP contribution in [0.4, 0.5) is 0 Å². The molecule has 3 nitrogen and oxygen atoms in total. The number of benzene rings is 1. The van der Waals surface area contributed by atoms with Crippen LogP contribution in [0, 0.1) is 0 Å². The van der Waals surface area contributed by atoms with Crippen LogP contribution in [0.25, 0.3) is 0 Å². The molecule has 0 atom stereocenters. The summed E-state index contributed by atoms with van der Waals surface area (Å²) in [6.07, 6.45) is 3.19. The van der Waals surface area contributed by atoms with Gasteiger partial charge in [0.2, 0.25) is 0 Å². The number of pyridine rings is 1. The van der Waals surface area contributed by atoms with Crippen LogP contribution < -0.4 is 4.74 Å². The molecule has 0 aliphatic rings. The molecule has 5 heteroatoms. The van der Waals surface area contributed by atoms with Crippen molar-refractivity contribution in [2.24, 2.45) is 0 Å². The minimum Gasteiger partial charge on any atom is -0.496 e. The number of halogens is 2. The topological polar surface area (TPSA) is 39.2 Å². The second-order valence-corrected chi connectivity index (χ2v) is 5.34. The first-order valence-corrected chi connectivity index (χ1v) is 6.69. The van der Waals surface area contributed by atoms with E-state index in [0.717, 1.165) is 8.95 Å². The molecule has 0 N–H and O–H groups in total. The zero-order valence-corrected chi connectivity index (χ0v) is 12.7. The molecule has 0 saturated heterocycles. The lowest BCUT2D eigenvalue weighted by molar-refractivity contribution is 0.103. The zero-order chi connectivity index (χ0) is 13.1. The molecule has 2 aromatic rings. The van der Waals surface area contributed by atoms with E-state index in [1.54, 1.807) is 43.8 Å². The van der Waals surface area contributed by atoms with Gasteiger partial charge in [0.15, 0.2) is 5.78 Å². The van der Waals surface area contributed by atoms with Gasteiger partial charge in [0.05, 0.1) is 11.6 Å². The number of hydrogen-bond acceptors (Lipinski definition) is 3. The van der Waals surface area contributed by atoms with Crippen LogP contribution in [0.5, 0.6) is 5.75 Å². The molecule has 0 fully saturated rings. The summed E-state index contributed by atoms with van der Waals surface area (Å²) >= 11 is 6.66. The van der Waals surface area contributed by atoms with Gasteiger partial charge < -0.3 is 4.74 Å². The van der Waals surface area contributed by atoms with Crippen molar-refractivity contribution in [3.63, 3.8) is 0 Å². The van der Waals surface area contributed by atoms with Crippen LogP contribution in [0.2, 0.25) is 0 Å². The summed E-state index contributed by atoms with van der Waals surface area (Å²) in [5.74, 6) is 0.617. The second kappa shape index (κ2) is 5.63. The van der Waals surface area contributed by atoms with E-state index in [0.29, 0.717) is 16.9 Å². The maximum atomic E-state index is 12.2. The third kappa shape index (κ3) is 2.79. The molecule has 2 rings (SSSR count). The Morgan fingerprint density at radius 1 is 1.17 bits per heavy atom. The van der Waals surface area contributed by atoms with Gasteiger partial charge in [0, 0.05) is 28.0 Å². The fourth-order valence-corrected chi connectivity index (χ4v) is 2.42. The van der Waals surface area contributed by atoms with E-state index in [4.69, 9.17) is 4.74 Å². The summed E-state index contributed by atoms with van der Waals surface area (Å²) in [7, 11) is 1.58. The lowest BCUT2D eigenvalue weighted by Crippen LogP contribution is -2.02. The van der Waals surface area contributed by atoms with Crippen LogP contribution >= 0.6 is 31.9 Å². The van der Waals surface area contributed by atoms with Crippen molar-refractivity contribution in [2.75, 3.05) is 7.11 Å². The van der Waals surface area contributed by atoms with Crippen molar-refractivity contribution >= 4 is 37.6 Å². The van der Waals surface area contributed by atoms with Gasteiger partial charge in [-0.15, -0.1) is 0 Å². The molecule has 0 aliphatic carbocycles. The number of carbonyl (C=O) groups excluding carboxylic acids is 1. The summed E-state index contributed by atoms with van der Waals surface area (Å²) < 4.78 is 6.65. The molecule has 0 bridgehead atoms. The first-order valence-electron chi connectivity index (χ1n) is 5.10. The number of hydrogen-bond donors (Lipinski definition) is 0. The Balaban J connectivity index is 2.37. The highest BCUT2D eigenvalue weighted by Crippen LogP contribution is 2.26. The summed E-state index contributed by atoms with van der Waals surface area (Å²) in [6, 6.07) is 6.96. The molecule has 0 spiro atoms. The van der Waals surface area contributed by atoms with Gasteiger partial charge in [-0.05, 0) is 56.1 Å². The highest BCUT2D eigenvalue weighted by molar-refractivity contribution is 9.10. The molecule has 0 unspecified atom stereocenters. The smallest absolute Gasteiger partial charge is 0.194 e. The molecular weight excluding hydrogens is 362 g/mol. The number of nitrogens with zero attached hydrogens (tertiary/aromatic N) is 1. The van der Waals surface area contributed by atoms with Crippen molar-refractivity contribution in [3.8, 4) is 5.75 Å². The lowest BCUT2D eigenvalue weighted by Gasteiger charge is -2.06. The van der Waals surface area contributed by atoms with Gasteiger partial charge in [0.25, 0.3) is 0 Å². The van der Waals surface area contributed by atoms with E-state index in [1.807, 2.05) is 0 Å². The molecule has 18 heavy (non-hydrogen) atoms. The quantitative estimate of drug-likeness (QED) is 0.770. The van der Waals surface area contributed by atoms with Gasteiger partial charge in [-0.1, -0.05) is 0 Å². The molecule has 1 aromatic carbocycles. The minimum atomic E-state index is -0.0767. The van der Waals surface area contributed by atoms with E-state index < -0.39 is 0 Å². The largest absolute Gasteiger partial charge is 0.496 e. The number of rotatable bonds is 3. The van der Waals surface area contributed by atoms with Crippen LogP contribution in [0.3, 0.4) is 0 Å². The molecule has 0 radical (unpaired) electrons. The van der Waals surface area contributed by atoms with Crippen LogP contribution in [0.1, 0.15) is 15.9 Å². The molecule has 0 amide bonds. The summed E-state index contributed by atoms with van der Waals surface area (Å²) in [5, 5.41) is 0. The molecule has 1 aromatic heterocycles. The Morgan fingerprint density at radius 3 is 2.56 bits per heavy atom. The summed E-state index contributed by atoms with van der Waals surface area (Å²) in [6.45, 7) is 0. The third-order valence-corrected chi connectivity index (χ3v) is 3.43. The Kier molecular flexibility index (Phi) is 4.14. The van der Waals surface area contributed by atoms with Crippen LogP contribution in [-0.2, 0) is 0 Å². The Labute approximate surface area is 121 Å². The first kappa shape index (κ1) is 13.2. The molecule has 0 saturated carbocycles. The minimum absolute atomic E-state index is 0.0767. The number of methoxy groups -OCH3 is 1. The predicted octanol–water partition coefficient (Wildman–Crippen LogP) is 3.85. The average Bonchev–Trinajstić information content (AvgIpc) is 2.37. The number of ether oxygens (including phenoxy) is 1. The zero-order valence-electron chi connectivity index (χ0n) is 9.48. The fourth-order valence-electron chi connectivity index (χ4n) is 1.51. The van der Waals surface area contributed by atoms with Gasteiger partial charge in [-0.2, -0.15) is 0 Å². The monoisotopic (exact) mass is 369 g/mol. The van der Waals surface area contributed by atoms with Gasteiger partial charge in [-0.3, -0.25) is 9.78 Å². The van der Waals surface area contributed by atoms with E-state index in [2.05, 4.69) is 36.8 Å². The molecule has 1 heterocycles. The van der Waals surface area contributed by atoms with Gasteiger partial charge in [0.1, 0.15) is 5.75 Å². The van der Waals surface area contributed by atoms with Crippen molar-refractivity contribution in [3.05, 3.63) is 56.7 Å². The number of aromatic nitrogens is 1. The number of carbonyl (C=O) groups is 1. The Morgan fingerprint density at radius 2 is 1.94 bits per heavy atom. The van der Waals surface area contributed by atoms with Crippen molar-refractivity contribution in [1.29, 1.82) is 0 Å². The maximum Gasteiger partial charge on any atom is 0.194 e. The lowest BCUT2D eigenvalue weighted by atomic mass is 10.1. The fraction of sp³-hybridized carbons (Fsp3) is 0.0769. The van der Waals surface area contributed by atoms with E-state index in [9.17, 15) is 4.79 Å². The molecular formula is C13H9Br2NO2. The van der Waals surface area contributed by atoms with Crippen LogP contribution in [0.15, 0.2) is 45.6 Å². The van der Waals surface area contributed by atoms with Crippen molar-refractivity contribution in [2.45, 2.75) is 0 Å². The Bertz CT molecular complexity index is 599. The average molecular weight is 371 g/mol. The predicted molar refractivity (Wildman–Crippen MR) is 76.1 cm³/mol. The second-order valence-electron chi connectivity index (χ2n) is 3.57. The molecule has 0 aliphatic heterocycles. The van der Waals surface area contributed by atoms with Crippen LogP contribution in [-0.4, -0.2) is 17.9 Å². The standard InChI is InChI=1S/C13H9Br2NO2/c1-18-12-3-2-8(5-11(12)15)13(17)9-4-10(14)7-16-6-9/h2-7H,1H3. The van der Waals surface area contributed by atoms with E-state index in [-0.39, 0.29) is 5.78 Å². The molecule has 92 valence electrons. The summed E-state index contributed by atoms with van der Waals surface area (Å²) in [5.41, 5.74) is 1.13. The summed E-state index contributed by atoms with van der Waals surface area (Å²) in [4.78, 5) is 16.2. The van der Waals surface area contributed by atoms with Gasteiger partial charge in [-0.25, -0.2) is 0 Å². The van der Waals surface area contributed by atoms with E-state index in [1.165, 1.54) is 0 Å². The van der Waals surface area contributed by atoms with Crippen molar-refractivity contribution in [1.82, 2.24) is 4.98 Å². The highest BCUT2D eigenvalue weighted by Gasteiger charge is 2.12. The van der Waals surface area contributed by atoms with Crippen molar-refractivity contribution < 1.29 is 9.53 Å². The van der Waals surface area contributed by atoms with E-state index >= 15 is 0 Å². The SMILES string of the molecule is COc1ccc(C(=O)c2cncc(Br)c2)cc1Br. The maximum absolute atomic E-state index is 12.2. The highest BCUT2D eigenvalue weighted by atomic mass is 79.9. The van der Waals surface area contributed by atoms with Gasteiger partial charge >= 0.3 is 0 Å². The Hall–Kier alpha value is -1.20. The third-order valence-electron chi connectivity index (χ3n) is 2.38.